The van der Waals surface area contributed by atoms with E-state index >= 15 is 0 Å². The van der Waals surface area contributed by atoms with Crippen molar-refractivity contribution in [2.45, 2.75) is 12.7 Å². The second kappa shape index (κ2) is 5.27. The van der Waals surface area contributed by atoms with Crippen LogP contribution in [0.2, 0.25) is 0 Å². The third kappa shape index (κ3) is 4.08. The van der Waals surface area contributed by atoms with E-state index in [1.54, 1.807) is 5.32 Å². The van der Waals surface area contributed by atoms with Gasteiger partial charge in [0.1, 0.15) is 0 Å². The van der Waals surface area contributed by atoms with Crippen LogP contribution in [0.5, 0.6) is 0 Å². The summed E-state index contributed by atoms with van der Waals surface area (Å²) in [6, 6.07) is 5.76. The Morgan fingerprint density at radius 3 is 2.35 bits per heavy atom. The smallest absolute Gasteiger partial charge is 0.344 e. The molecule has 0 heterocycles. The maximum atomic E-state index is 11.8. The van der Waals surface area contributed by atoms with E-state index in [4.69, 9.17) is 0 Å². The summed E-state index contributed by atoms with van der Waals surface area (Å²) in [5.74, 6) is -1.99. The van der Waals surface area contributed by atoms with Crippen LogP contribution in [0.15, 0.2) is 29.3 Å². The van der Waals surface area contributed by atoms with Gasteiger partial charge in [-0.15, -0.1) is 0 Å². The highest BCUT2D eigenvalue weighted by Crippen LogP contribution is 2.15. The molecule has 4 nitrogen and oxygen atoms in total. The van der Waals surface area contributed by atoms with Gasteiger partial charge in [-0.2, -0.15) is 18.2 Å². The number of carbonyl (C=O) groups is 1. The van der Waals surface area contributed by atoms with E-state index in [0.29, 0.717) is 11.3 Å². The lowest BCUT2D eigenvalue weighted by Gasteiger charge is -2.07. The number of alkyl halides is 3. The Kier molecular flexibility index (Phi) is 4.01. The van der Waals surface area contributed by atoms with Crippen LogP contribution in [-0.2, 0) is 16.1 Å². The number of aliphatic imine (C=N–C) groups is 1. The van der Waals surface area contributed by atoms with Crippen molar-refractivity contribution >= 4 is 17.7 Å². The first-order chi connectivity index (χ1) is 7.93. The molecular formula is C10H7F3N2O2. The minimum Gasteiger partial charge on any atom is -0.344 e. The van der Waals surface area contributed by atoms with Crippen LogP contribution in [0.3, 0.4) is 0 Å². The summed E-state index contributed by atoms with van der Waals surface area (Å²) in [5.41, 5.74) is 0.804. The molecule has 1 aromatic rings. The number of benzene rings is 1. The molecule has 7 heteroatoms. The lowest BCUT2D eigenvalue weighted by atomic mass is 10.2. The Balaban J connectivity index is 2.59. The summed E-state index contributed by atoms with van der Waals surface area (Å²) in [4.78, 5) is 23.7. The van der Waals surface area contributed by atoms with Gasteiger partial charge in [0.05, 0.1) is 5.69 Å². The predicted molar refractivity (Wildman–Crippen MR) is 52.1 cm³/mol. The summed E-state index contributed by atoms with van der Waals surface area (Å²) in [5, 5.41) is 1.72. The number of nitrogens with zero attached hydrogens (tertiary/aromatic N) is 1. The standard InChI is InChI=1S/C10H7F3N2O2/c11-10(12,13)9(17)14-5-7-1-3-8(4-2-7)15-6-16/h1-4H,5H2,(H,14,17). The van der Waals surface area contributed by atoms with Gasteiger partial charge in [0.25, 0.3) is 0 Å². The normalized spacial score (nSPS) is 10.5. The fourth-order valence-corrected chi connectivity index (χ4v) is 1.02. The molecule has 0 unspecified atom stereocenters. The van der Waals surface area contributed by atoms with Gasteiger partial charge in [-0.05, 0) is 17.7 Å². The van der Waals surface area contributed by atoms with Crippen molar-refractivity contribution in [1.82, 2.24) is 5.32 Å². The minimum absolute atomic E-state index is 0.247. The number of nitrogens with one attached hydrogen (secondary N) is 1. The quantitative estimate of drug-likeness (QED) is 0.651. The summed E-state index contributed by atoms with van der Waals surface area (Å²) in [6.07, 6.45) is -3.56. The molecule has 0 atom stereocenters. The van der Waals surface area contributed by atoms with Crippen molar-refractivity contribution in [3.63, 3.8) is 0 Å². The molecule has 0 radical (unpaired) electrons. The van der Waals surface area contributed by atoms with Crippen molar-refractivity contribution in [3.05, 3.63) is 29.8 Å². The number of rotatable bonds is 3. The molecule has 0 fully saturated rings. The van der Waals surface area contributed by atoms with Gasteiger partial charge in [0.2, 0.25) is 6.08 Å². The summed E-state index contributed by atoms with van der Waals surface area (Å²) < 4.78 is 35.5. The fraction of sp³-hybridized carbons (Fsp3) is 0.200. The number of halogens is 3. The predicted octanol–water partition coefficient (Wildman–Crippen LogP) is 1.83. The summed E-state index contributed by atoms with van der Waals surface area (Å²) in [7, 11) is 0. The molecule has 0 aliphatic carbocycles. The first-order valence-corrected chi connectivity index (χ1v) is 4.45. The molecule has 1 amide bonds. The molecule has 0 saturated carbocycles. The first kappa shape index (κ1) is 12.9. The van der Waals surface area contributed by atoms with Gasteiger partial charge >= 0.3 is 12.1 Å². The minimum atomic E-state index is -4.89. The zero-order chi connectivity index (χ0) is 12.9. The van der Waals surface area contributed by atoms with E-state index < -0.39 is 12.1 Å². The lowest BCUT2D eigenvalue weighted by molar-refractivity contribution is -0.173. The molecule has 1 aromatic carbocycles. The van der Waals surface area contributed by atoms with Crippen LogP contribution >= 0.6 is 0 Å². The van der Waals surface area contributed by atoms with Gasteiger partial charge in [0.15, 0.2) is 0 Å². The van der Waals surface area contributed by atoms with Gasteiger partial charge in [-0.25, -0.2) is 4.79 Å². The molecule has 0 aliphatic heterocycles. The van der Waals surface area contributed by atoms with Crippen LogP contribution in [-0.4, -0.2) is 18.2 Å². The molecule has 1 N–H and O–H groups in total. The van der Waals surface area contributed by atoms with Crippen molar-refractivity contribution in [2.24, 2.45) is 4.99 Å². The third-order valence-corrected chi connectivity index (χ3v) is 1.82. The first-order valence-electron chi connectivity index (χ1n) is 4.45. The van der Waals surface area contributed by atoms with Gasteiger partial charge in [0, 0.05) is 6.54 Å². The third-order valence-electron chi connectivity index (χ3n) is 1.82. The number of hydrogen-bond acceptors (Lipinski definition) is 3. The molecular weight excluding hydrogens is 237 g/mol. The highest BCUT2D eigenvalue weighted by atomic mass is 19.4. The fourth-order valence-electron chi connectivity index (χ4n) is 1.02. The number of hydrogen-bond donors (Lipinski definition) is 1. The Hall–Kier alpha value is -2.14. The molecule has 90 valence electrons. The zero-order valence-electron chi connectivity index (χ0n) is 8.41. The van der Waals surface area contributed by atoms with Crippen LogP contribution < -0.4 is 5.32 Å². The number of carbonyl (C=O) groups excluding carboxylic acids is 2. The van der Waals surface area contributed by atoms with Crippen LogP contribution in [0.4, 0.5) is 18.9 Å². The lowest BCUT2D eigenvalue weighted by Crippen LogP contribution is -2.36. The second-order valence-corrected chi connectivity index (χ2v) is 3.05. The van der Waals surface area contributed by atoms with Gasteiger partial charge in [-0.3, -0.25) is 4.79 Å². The molecule has 0 aliphatic rings. The SMILES string of the molecule is O=C=Nc1ccc(CNC(=O)C(F)(F)F)cc1. The van der Waals surface area contributed by atoms with Gasteiger partial charge in [-0.1, -0.05) is 12.1 Å². The van der Waals surface area contributed by atoms with Crippen LogP contribution in [0, 0.1) is 0 Å². The van der Waals surface area contributed by atoms with Crippen molar-refractivity contribution < 1.29 is 22.8 Å². The van der Waals surface area contributed by atoms with E-state index in [0.717, 1.165) is 0 Å². The Labute approximate surface area is 94.2 Å². The summed E-state index contributed by atoms with van der Waals surface area (Å²) in [6.45, 7) is -0.247. The maximum absolute atomic E-state index is 11.8. The zero-order valence-corrected chi connectivity index (χ0v) is 8.41. The second-order valence-electron chi connectivity index (χ2n) is 3.05. The van der Waals surface area contributed by atoms with Crippen LogP contribution in [0.25, 0.3) is 0 Å². The molecule has 0 spiro atoms. The van der Waals surface area contributed by atoms with Crippen molar-refractivity contribution in [1.29, 1.82) is 0 Å². The van der Waals surface area contributed by atoms with E-state index in [1.807, 2.05) is 0 Å². The Morgan fingerprint density at radius 2 is 1.88 bits per heavy atom. The van der Waals surface area contributed by atoms with E-state index in [2.05, 4.69) is 4.99 Å². The average molecular weight is 244 g/mol. The molecule has 1 rings (SSSR count). The number of amides is 1. The van der Waals surface area contributed by atoms with Crippen molar-refractivity contribution in [3.8, 4) is 0 Å². The van der Waals surface area contributed by atoms with Crippen LogP contribution in [0.1, 0.15) is 5.56 Å². The topological polar surface area (TPSA) is 58.5 Å². The van der Waals surface area contributed by atoms with E-state index in [9.17, 15) is 22.8 Å². The maximum Gasteiger partial charge on any atom is 0.471 e. The van der Waals surface area contributed by atoms with E-state index in [-0.39, 0.29) is 6.54 Å². The average Bonchev–Trinajstić information content (AvgIpc) is 2.27. The Bertz CT molecular complexity index is 448. The molecule has 0 aromatic heterocycles. The summed E-state index contributed by atoms with van der Waals surface area (Å²) >= 11 is 0. The highest BCUT2D eigenvalue weighted by molar-refractivity contribution is 5.81. The van der Waals surface area contributed by atoms with Gasteiger partial charge < -0.3 is 5.32 Å². The largest absolute Gasteiger partial charge is 0.471 e. The monoisotopic (exact) mass is 244 g/mol. The molecule has 0 saturated heterocycles. The molecule has 0 bridgehead atoms. The number of isocyanates is 1. The highest BCUT2D eigenvalue weighted by Gasteiger charge is 2.38. The molecule has 17 heavy (non-hydrogen) atoms. The van der Waals surface area contributed by atoms with Crippen molar-refractivity contribution in [2.75, 3.05) is 0 Å². The van der Waals surface area contributed by atoms with E-state index in [1.165, 1.54) is 30.3 Å². The Morgan fingerprint density at radius 1 is 1.29 bits per heavy atom.